The first-order valence-corrected chi connectivity index (χ1v) is 7.32. The van der Waals surface area contributed by atoms with Crippen molar-refractivity contribution in [3.8, 4) is 0 Å². The second-order valence-corrected chi connectivity index (χ2v) is 5.61. The van der Waals surface area contributed by atoms with Crippen LogP contribution in [-0.2, 0) is 9.59 Å². The molecule has 80 valence electrons. The second kappa shape index (κ2) is 6.66. The molecule has 1 saturated heterocycles. The summed E-state index contributed by atoms with van der Waals surface area (Å²) in [7, 11) is 0. The van der Waals surface area contributed by atoms with E-state index in [0.29, 0.717) is 6.42 Å². The number of carbonyl (C=O) groups is 2. The molecular weight excluding hydrogens is 313 g/mol. The Morgan fingerprint density at radius 3 is 2.71 bits per heavy atom. The predicted molar refractivity (Wildman–Crippen MR) is 66.8 cm³/mol. The lowest BCUT2D eigenvalue weighted by Gasteiger charge is -2.04. The molecule has 0 spiro atoms. The van der Waals surface area contributed by atoms with Gasteiger partial charge in [-0.1, -0.05) is 29.0 Å². The van der Waals surface area contributed by atoms with Crippen LogP contribution in [0.5, 0.6) is 0 Å². The van der Waals surface area contributed by atoms with Crippen LogP contribution >= 0.6 is 34.4 Å². The smallest absolute Gasteiger partial charge is 0.240 e. The zero-order valence-corrected chi connectivity index (χ0v) is 10.9. The number of halogens is 1. The SMILES string of the molecule is O=C1CC(SCCCCCI)C(=O)N1. The Labute approximate surface area is 102 Å². The Morgan fingerprint density at radius 2 is 2.14 bits per heavy atom. The van der Waals surface area contributed by atoms with Crippen LogP contribution in [0.15, 0.2) is 0 Å². The number of nitrogens with one attached hydrogen (secondary N) is 1. The summed E-state index contributed by atoms with van der Waals surface area (Å²) in [5.41, 5.74) is 0. The van der Waals surface area contributed by atoms with Gasteiger partial charge in [-0.15, -0.1) is 11.8 Å². The number of amides is 2. The first kappa shape index (κ1) is 12.3. The summed E-state index contributed by atoms with van der Waals surface area (Å²) >= 11 is 3.98. The molecule has 1 aliphatic heterocycles. The van der Waals surface area contributed by atoms with E-state index in [1.807, 2.05) is 0 Å². The van der Waals surface area contributed by atoms with E-state index in [1.54, 1.807) is 11.8 Å². The molecule has 1 unspecified atom stereocenters. The topological polar surface area (TPSA) is 46.2 Å². The highest BCUT2D eigenvalue weighted by molar-refractivity contribution is 14.1. The second-order valence-electron chi connectivity index (χ2n) is 3.23. The molecule has 1 rings (SSSR count). The molecule has 0 aromatic carbocycles. The maximum absolute atomic E-state index is 11.2. The summed E-state index contributed by atoms with van der Waals surface area (Å²) < 4.78 is 1.20. The highest BCUT2D eigenvalue weighted by atomic mass is 127. The Kier molecular flexibility index (Phi) is 5.84. The van der Waals surface area contributed by atoms with E-state index in [0.717, 1.165) is 12.2 Å². The summed E-state index contributed by atoms with van der Waals surface area (Å²) in [5.74, 6) is 0.760. The average molecular weight is 327 g/mol. The van der Waals surface area contributed by atoms with Crippen molar-refractivity contribution in [2.75, 3.05) is 10.2 Å². The average Bonchev–Trinajstić information content (AvgIpc) is 2.45. The fraction of sp³-hybridized carbons (Fsp3) is 0.778. The molecule has 1 fully saturated rings. The molecule has 1 aliphatic rings. The lowest BCUT2D eigenvalue weighted by atomic mass is 10.3. The lowest BCUT2D eigenvalue weighted by molar-refractivity contribution is -0.124. The van der Waals surface area contributed by atoms with Gasteiger partial charge in [-0.3, -0.25) is 14.9 Å². The van der Waals surface area contributed by atoms with Crippen molar-refractivity contribution >= 4 is 46.2 Å². The van der Waals surface area contributed by atoms with Crippen molar-refractivity contribution < 1.29 is 9.59 Å². The van der Waals surface area contributed by atoms with Crippen LogP contribution in [0.4, 0.5) is 0 Å². The van der Waals surface area contributed by atoms with Gasteiger partial charge in [0.1, 0.15) is 0 Å². The molecule has 0 saturated carbocycles. The number of alkyl halides is 1. The summed E-state index contributed by atoms with van der Waals surface area (Å²) in [5, 5.41) is 2.20. The van der Waals surface area contributed by atoms with Crippen molar-refractivity contribution in [1.82, 2.24) is 5.32 Å². The molecule has 5 heteroatoms. The van der Waals surface area contributed by atoms with Crippen LogP contribution in [0.1, 0.15) is 25.7 Å². The first-order valence-electron chi connectivity index (χ1n) is 4.75. The van der Waals surface area contributed by atoms with Crippen molar-refractivity contribution in [1.29, 1.82) is 0 Å². The standard InChI is InChI=1S/C9H14INO2S/c10-4-2-1-3-5-14-7-6-8(12)11-9(7)13/h7H,1-6H2,(H,11,12,13). The number of rotatable bonds is 6. The predicted octanol–water partition coefficient (Wildman–Crippen LogP) is 1.74. The first-order chi connectivity index (χ1) is 6.74. The van der Waals surface area contributed by atoms with Crippen molar-refractivity contribution in [2.24, 2.45) is 0 Å². The normalized spacial score (nSPS) is 21.4. The van der Waals surface area contributed by atoms with Crippen LogP contribution in [0.25, 0.3) is 0 Å². The number of unbranched alkanes of at least 4 members (excludes halogenated alkanes) is 2. The van der Waals surface area contributed by atoms with Crippen LogP contribution in [-0.4, -0.2) is 27.2 Å². The molecule has 1 heterocycles. The maximum Gasteiger partial charge on any atom is 0.240 e. The quantitative estimate of drug-likeness (QED) is 0.350. The monoisotopic (exact) mass is 327 g/mol. The summed E-state index contributed by atoms with van der Waals surface area (Å²) in [4.78, 5) is 22.0. The molecule has 0 aromatic rings. The largest absolute Gasteiger partial charge is 0.295 e. The number of carbonyl (C=O) groups excluding carboxylic acids is 2. The van der Waals surface area contributed by atoms with Gasteiger partial charge in [-0.2, -0.15) is 0 Å². The molecule has 1 N–H and O–H groups in total. The van der Waals surface area contributed by atoms with E-state index in [9.17, 15) is 9.59 Å². The fourth-order valence-electron chi connectivity index (χ4n) is 1.26. The minimum absolute atomic E-state index is 0.103. The number of thioether (sulfide) groups is 1. The Hall–Kier alpha value is 0.220. The van der Waals surface area contributed by atoms with Gasteiger partial charge < -0.3 is 0 Å². The lowest BCUT2D eigenvalue weighted by Crippen LogP contribution is -2.23. The molecule has 0 aliphatic carbocycles. The van der Waals surface area contributed by atoms with Gasteiger partial charge in [-0.25, -0.2) is 0 Å². The maximum atomic E-state index is 11.2. The summed E-state index contributed by atoms with van der Waals surface area (Å²) in [6.45, 7) is 0. The third-order valence-electron chi connectivity index (χ3n) is 2.02. The third-order valence-corrected chi connectivity index (χ3v) is 4.09. The van der Waals surface area contributed by atoms with E-state index >= 15 is 0 Å². The molecular formula is C9H14INO2S. The van der Waals surface area contributed by atoms with E-state index < -0.39 is 0 Å². The molecule has 3 nitrogen and oxygen atoms in total. The van der Waals surface area contributed by atoms with Gasteiger partial charge >= 0.3 is 0 Å². The molecule has 0 bridgehead atoms. The Morgan fingerprint density at radius 1 is 1.36 bits per heavy atom. The Bertz CT molecular complexity index is 223. The van der Waals surface area contributed by atoms with Crippen LogP contribution < -0.4 is 5.32 Å². The van der Waals surface area contributed by atoms with Gasteiger partial charge in [0.15, 0.2) is 0 Å². The van der Waals surface area contributed by atoms with E-state index in [2.05, 4.69) is 27.9 Å². The van der Waals surface area contributed by atoms with Crippen molar-refractivity contribution in [2.45, 2.75) is 30.9 Å². The fourth-order valence-corrected chi connectivity index (χ4v) is 2.94. The zero-order valence-electron chi connectivity index (χ0n) is 7.92. The molecule has 1 atom stereocenters. The summed E-state index contributed by atoms with van der Waals surface area (Å²) in [6, 6.07) is 0. The van der Waals surface area contributed by atoms with E-state index in [-0.39, 0.29) is 17.1 Å². The van der Waals surface area contributed by atoms with Gasteiger partial charge in [0.2, 0.25) is 11.8 Å². The highest BCUT2D eigenvalue weighted by Gasteiger charge is 2.30. The van der Waals surface area contributed by atoms with E-state index in [4.69, 9.17) is 0 Å². The van der Waals surface area contributed by atoms with Crippen LogP contribution in [0.3, 0.4) is 0 Å². The van der Waals surface area contributed by atoms with Gasteiger partial charge in [-0.05, 0) is 23.0 Å². The van der Waals surface area contributed by atoms with Crippen LogP contribution in [0.2, 0.25) is 0 Å². The zero-order chi connectivity index (χ0) is 10.4. The van der Waals surface area contributed by atoms with Gasteiger partial charge in [0, 0.05) is 6.42 Å². The number of imide groups is 1. The minimum Gasteiger partial charge on any atom is -0.295 e. The Balaban J connectivity index is 2.07. The van der Waals surface area contributed by atoms with E-state index in [1.165, 1.54) is 17.3 Å². The minimum atomic E-state index is -0.125. The number of hydrogen-bond acceptors (Lipinski definition) is 3. The highest BCUT2D eigenvalue weighted by Crippen LogP contribution is 2.20. The molecule has 2 amide bonds. The van der Waals surface area contributed by atoms with Crippen molar-refractivity contribution in [3.05, 3.63) is 0 Å². The molecule has 0 aromatic heterocycles. The van der Waals surface area contributed by atoms with Crippen LogP contribution in [0, 0.1) is 0 Å². The molecule has 0 radical (unpaired) electrons. The molecule has 14 heavy (non-hydrogen) atoms. The number of hydrogen-bond donors (Lipinski definition) is 1. The third kappa shape index (κ3) is 4.16. The summed E-state index contributed by atoms with van der Waals surface area (Å²) in [6.07, 6.45) is 3.98. The van der Waals surface area contributed by atoms with Crippen molar-refractivity contribution in [3.63, 3.8) is 0 Å². The van der Waals surface area contributed by atoms with Gasteiger partial charge in [0.25, 0.3) is 0 Å². The van der Waals surface area contributed by atoms with Gasteiger partial charge in [0.05, 0.1) is 5.25 Å².